The van der Waals surface area contributed by atoms with E-state index in [0.29, 0.717) is 12.1 Å². The number of nitrogens with zero attached hydrogens (tertiary/aromatic N) is 1. The molecular formula is C17H20N2O2. The maximum atomic E-state index is 12.6. The summed E-state index contributed by atoms with van der Waals surface area (Å²) in [6.07, 6.45) is 1.73. The Morgan fingerprint density at radius 2 is 1.81 bits per heavy atom. The van der Waals surface area contributed by atoms with Crippen LogP contribution in [0.25, 0.3) is 0 Å². The first-order chi connectivity index (χ1) is 10.0. The van der Waals surface area contributed by atoms with E-state index in [1.165, 1.54) is 0 Å². The van der Waals surface area contributed by atoms with Crippen LogP contribution in [-0.2, 0) is 11.3 Å². The van der Waals surface area contributed by atoms with Crippen LogP contribution in [0.15, 0.2) is 53.5 Å². The lowest BCUT2D eigenvalue weighted by molar-refractivity contribution is -0.120. The molecule has 1 heterocycles. The molecule has 1 atom stereocenters. The molecule has 0 spiro atoms. The summed E-state index contributed by atoms with van der Waals surface area (Å²) in [4.78, 5) is 24.2. The molecule has 0 bridgehead atoms. The number of hydrogen-bond donors (Lipinski definition) is 1. The second-order valence-corrected chi connectivity index (χ2v) is 5.51. The number of nitrogens with two attached hydrogens (primary N) is 1. The maximum Gasteiger partial charge on any atom is 0.254 e. The lowest BCUT2D eigenvalue weighted by Crippen LogP contribution is -2.33. The third-order valence-electron chi connectivity index (χ3n) is 3.55. The quantitative estimate of drug-likeness (QED) is 0.914. The van der Waals surface area contributed by atoms with Gasteiger partial charge in [-0.2, -0.15) is 0 Å². The highest BCUT2D eigenvalue weighted by atomic mass is 16.1. The summed E-state index contributed by atoms with van der Waals surface area (Å²) in [6.45, 7) is 4.27. The van der Waals surface area contributed by atoms with Gasteiger partial charge in [0.1, 0.15) is 0 Å². The molecule has 110 valence electrons. The highest BCUT2D eigenvalue weighted by Crippen LogP contribution is 2.21. The topological polar surface area (TPSA) is 65.1 Å². The summed E-state index contributed by atoms with van der Waals surface area (Å²) in [7, 11) is 0. The van der Waals surface area contributed by atoms with Crippen molar-refractivity contribution in [3.05, 3.63) is 70.1 Å². The highest BCUT2D eigenvalue weighted by Gasteiger charge is 2.24. The predicted octanol–water partition coefficient (Wildman–Crippen LogP) is 2.12. The van der Waals surface area contributed by atoms with Crippen LogP contribution in [0.5, 0.6) is 0 Å². The van der Waals surface area contributed by atoms with Gasteiger partial charge < -0.3 is 10.3 Å². The average molecular weight is 284 g/mol. The minimum atomic E-state index is -0.555. The molecule has 1 amide bonds. The van der Waals surface area contributed by atoms with E-state index in [0.717, 1.165) is 5.56 Å². The molecule has 0 fully saturated rings. The van der Waals surface area contributed by atoms with Crippen molar-refractivity contribution in [1.82, 2.24) is 4.57 Å². The molecule has 0 aliphatic heterocycles. The van der Waals surface area contributed by atoms with Gasteiger partial charge >= 0.3 is 0 Å². The van der Waals surface area contributed by atoms with Gasteiger partial charge in [0.05, 0.1) is 12.5 Å². The van der Waals surface area contributed by atoms with Crippen molar-refractivity contribution in [2.45, 2.75) is 26.3 Å². The standard InChI is InChI=1S/C17H20N2O2/c1-12(2)15(16(18)20)14-9-6-10-19(17(14)21)11-13-7-4-3-5-8-13/h3-10,12,15H,11H2,1-2H3,(H2,18,20). The van der Waals surface area contributed by atoms with Gasteiger partial charge in [-0.15, -0.1) is 0 Å². The Balaban J connectivity index is 2.41. The van der Waals surface area contributed by atoms with Crippen LogP contribution < -0.4 is 11.3 Å². The molecule has 1 unspecified atom stereocenters. The molecule has 0 saturated carbocycles. The van der Waals surface area contributed by atoms with Gasteiger partial charge in [-0.25, -0.2) is 0 Å². The third-order valence-corrected chi connectivity index (χ3v) is 3.55. The Bertz CT molecular complexity index is 675. The first-order valence-corrected chi connectivity index (χ1v) is 7.03. The number of benzene rings is 1. The molecule has 0 aliphatic carbocycles. The molecule has 1 aromatic heterocycles. The van der Waals surface area contributed by atoms with Crippen LogP contribution in [0, 0.1) is 5.92 Å². The second kappa shape index (κ2) is 6.39. The Kier molecular flexibility index (Phi) is 4.58. The number of carbonyl (C=O) groups excluding carboxylic acids is 1. The summed E-state index contributed by atoms with van der Waals surface area (Å²) < 4.78 is 1.61. The zero-order valence-electron chi connectivity index (χ0n) is 12.3. The lowest BCUT2D eigenvalue weighted by Gasteiger charge is -2.18. The van der Waals surface area contributed by atoms with E-state index in [1.807, 2.05) is 44.2 Å². The minimum Gasteiger partial charge on any atom is -0.369 e. The van der Waals surface area contributed by atoms with Crippen molar-refractivity contribution in [3.8, 4) is 0 Å². The Morgan fingerprint density at radius 3 is 2.38 bits per heavy atom. The van der Waals surface area contributed by atoms with Crippen molar-refractivity contribution in [3.63, 3.8) is 0 Å². The Labute approximate surface area is 124 Å². The number of primary amides is 1. The van der Waals surface area contributed by atoms with Gasteiger partial charge in [-0.3, -0.25) is 9.59 Å². The van der Waals surface area contributed by atoms with Crippen LogP contribution in [-0.4, -0.2) is 10.5 Å². The monoisotopic (exact) mass is 284 g/mol. The number of rotatable bonds is 5. The van der Waals surface area contributed by atoms with Gasteiger partial charge in [0.25, 0.3) is 5.56 Å². The summed E-state index contributed by atoms with van der Waals surface area (Å²) in [5.74, 6) is -1.02. The molecule has 2 N–H and O–H groups in total. The molecule has 0 radical (unpaired) electrons. The van der Waals surface area contributed by atoms with Crippen molar-refractivity contribution in [1.29, 1.82) is 0 Å². The number of carbonyl (C=O) groups is 1. The third kappa shape index (κ3) is 3.40. The van der Waals surface area contributed by atoms with Crippen LogP contribution in [0.1, 0.15) is 30.9 Å². The van der Waals surface area contributed by atoms with Gasteiger partial charge in [-0.1, -0.05) is 50.2 Å². The molecular weight excluding hydrogens is 264 g/mol. The average Bonchev–Trinajstić information content (AvgIpc) is 2.43. The zero-order chi connectivity index (χ0) is 15.4. The number of amides is 1. The minimum absolute atomic E-state index is 0.0113. The summed E-state index contributed by atoms with van der Waals surface area (Å²) in [6, 6.07) is 13.2. The van der Waals surface area contributed by atoms with Gasteiger partial charge in [0, 0.05) is 11.8 Å². The van der Waals surface area contributed by atoms with Crippen LogP contribution in [0.2, 0.25) is 0 Å². The molecule has 0 saturated heterocycles. The maximum absolute atomic E-state index is 12.6. The van der Waals surface area contributed by atoms with Crippen molar-refractivity contribution >= 4 is 5.91 Å². The van der Waals surface area contributed by atoms with E-state index in [-0.39, 0.29) is 11.5 Å². The van der Waals surface area contributed by atoms with E-state index < -0.39 is 11.8 Å². The molecule has 0 aliphatic rings. The lowest BCUT2D eigenvalue weighted by atomic mass is 9.88. The second-order valence-electron chi connectivity index (χ2n) is 5.51. The largest absolute Gasteiger partial charge is 0.369 e. The van der Waals surface area contributed by atoms with Crippen LogP contribution in [0.4, 0.5) is 0 Å². The smallest absolute Gasteiger partial charge is 0.254 e. The molecule has 2 rings (SSSR count). The fourth-order valence-electron chi connectivity index (χ4n) is 2.54. The van der Waals surface area contributed by atoms with E-state index in [9.17, 15) is 9.59 Å². The summed E-state index contributed by atoms with van der Waals surface area (Å²) in [5, 5.41) is 0. The van der Waals surface area contributed by atoms with E-state index in [4.69, 9.17) is 5.73 Å². The van der Waals surface area contributed by atoms with E-state index in [1.54, 1.807) is 22.9 Å². The van der Waals surface area contributed by atoms with Crippen molar-refractivity contribution in [2.75, 3.05) is 0 Å². The number of pyridine rings is 1. The summed E-state index contributed by atoms with van der Waals surface area (Å²) in [5.41, 5.74) is 6.81. The van der Waals surface area contributed by atoms with Crippen molar-refractivity contribution in [2.24, 2.45) is 11.7 Å². The normalized spacial score (nSPS) is 12.3. The van der Waals surface area contributed by atoms with Gasteiger partial charge in [-0.05, 0) is 17.5 Å². The molecule has 2 aromatic rings. The van der Waals surface area contributed by atoms with Gasteiger partial charge in [0.15, 0.2) is 0 Å². The van der Waals surface area contributed by atoms with E-state index in [2.05, 4.69) is 0 Å². The molecule has 4 heteroatoms. The molecule has 21 heavy (non-hydrogen) atoms. The summed E-state index contributed by atoms with van der Waals surface area (Å²) >= 11 is 0. The number of hydrogen-bond acceptors (Lipinski definition) is 2. The first-order valence-electron chi connectivity index (χ1n) is 7.03. The van der Waals surface area contributed by atoms with Crippen LogP contribution >= 0.6 is 0 Å². The Morgan fingerprint density at radius 1 is 1.14 bits per heavy atom. The SMILES string of the molecule is CC(C)C(C(N)=O)c1cccn(Cc2ccccc2)c1=O. The van der Waals surface area contributed by atoms with Crippen LogP contribution in [0.3, 0.4) is 0 Å². The van der Waals surface area contributed by atoms with Gasteiger partial charge in [0.2, 0.25) is 5.91 Å². The fraction of sp³-hybridized carbons (Fsp3) is 0.294. The zero-order valence-corrected chi connectivity index (χ0v) is 12.3. The fourth-order valence-corrected chi connectivity index (χ4v) is 2.54. The molecule has 4 nitrogen and oxygen atoms in total. The Hall–Kier alpha value is -2.36. The van der Waals surface area contributed by atoms with E-state index >= 15 is 0 Å². The highest BCUT2D eigenvalue weighted by molar-refractivity contribution is 5.82. The first kappa shape index (κ1) is 15.0. The van der Waals surface area contributed by atoms with Crippen molar-refractivity contribution < 1.29 is 4.79 Å². The number of aromatic nitrogens is 1. The predicted molar refractivity (Wildman–Crippen MR) is 83.0 cm³/mol. The molecule has 1 aromatic carbocycles.